The second-order valence-electron chi connectivity index (χ2n) is 6.13. The number of aryl methyl sites for hydroxylation is 1. The third kappa shape index (κ3) is 5.25. The Balaban J connectivity index is 1.62. The molecule has 138 valence electrons. The van der Waals surface area contributed by atoms with E-state index in [0.29, 0.717) is 34.8 Å². The Morgan fingerprint density at radius 1 is 1.15 bits per heavy atom. The molecule has 0 amide bonds. The number of rotatable bonds is 7. The molecule has 1 aromatic heterocycles. The lowest BCUT2D eigenvalue weighted by molar-refractivity contribution is 0.290. The van der Waals surface area contributed by atoms with Gasteiger partial charge in [-0.25, -0.2) is 0 Å². The molecule has 3 aromatic rings. The van der Waals surface area contributed by atoms with Crippen molar-refractivity contribution in [1.29, 1.82) is 5.26 Å². The van der Waals surface area contributed by atoms with Gasteiger partial charge in [-0.05, 0) is 43.2 Å². The lowest BCUT2D eigenvalue weighted by Crippen LogP contribution is -2.08. The summed E-state index contributed by atoms with van der Waals surface area (Å²) in [5.41, 5.74) is 2.34. The number of ether oxygens (including phenoxy) is 1. The van der Waals surface area contributed by atoms with Gasteiger partial charge >= 0.3 is 0 Å². The van der Waals surface area contributed by atoms with Gasteiger partial charge in [-0.15, -0.1) is 10.2 Å². The molecule has 5 nitrogen and oxygen atoms in total. The van der Waals surface area contributed by atoms with Crippen LogP contribution in [0.15, 0.2) is 53.7 Å². The van der Waals surface area contributed by atoms with E-state index in [1.165, 1.54) is 17.3 Å². The average Bonchev–Trinajstić information content (AvgIpc) is 3.02. The van der Waals surface area contributed by atoms with Gasteiger partial charge in [0.25, 0.3) is 0 Å². The molecule has 0 fully saturated rings. The molecule has 0 aliphatic heterocycles. The highest BCUT2D eigenvalue weighted by Crippen LogP contribution is 2.25. The van der Waals surface area contributed by atoms with Crippen LogP contribution in [0.25, 0.3) is 0 Å². The Labute approximate surface area is 167 Å². The summed E-state index contributed by atoms with van der Waals surface area (Å²) in [6.45, 7) is 2.34. The van der Waals surface area contributed by atoms with Crippen LogP contribution in [0.5, 0.6) is 5.75 Å². The molecule has 2 aromatic carbocycles. The summed E-state index contributed by atoms with van der Waals surface area (Å²) in [6.07, 6.45) is 0.658. The molecule has 1 atom stereocenters. The van der Waals surface area contributed by atoms with Gasteiger partial charge in [0, 0.05) is 12.1 Å². The zero-order valence-electron chi connectivity index (χ0n) is 15.1. The highest BCUT2D eigenvalue weighted by molar-refractivity contribution is 8.00. The topological polar surface area (TPSA) is 63.7 Å². The first-order valence-electron chi connectivity index (χ1n) is 8.43. The number of hydrogen-bond acceptors (Lipinski definition) is 5. The Morgan fingerprint density at radius 3 is 2.52 bits per heavy atom. The van der Waals surface area contributed by atoms with Crippen LogP contribution in [0, 0.1) is 18.3 Å². The van der Waals surface area contributed by atoms with Crippen LogP contribution < -0.4 is 4.74 Å². The number of benzene rings is 2. The fourth-order valence-electron chi connectivity index (χ4n) is 2.43. The maximum atomic E-state index is 9.51. The van der Waals surface area contributed by atoms with Gasteiger partial charge in [-0.1, -0.05) is 53.2 Å². The van der Waals surface area contributed by atoms with E-state index in [1.807, 2.05) is 30.7 Å². The van der Waals surface area contributed by atoms with E-state index in [4.69, 9.17) is 16.3 Å². The molecule has 0 spiro atoms. The van der Waals surface area contributed by atoms with E-state index in [0.717, 1.165) is 5.56 Å². The first kappa shape index (κ1) is 19.3. The molecule has 7 heteroatoms. The molecular formula is C20H19ClN4OS. The minimum atomic E-state index is -0.236. The standard InChI is InChI=1S/C20H19ClN4OS/c1-14-3-5-15(6-4-14)11-18(12-22)27-20-24-23-19(25(20)2)13-26-17-9-7-16(21)8-10-17/h3-10,18H,11,13H2,1-2H3/t18-/m1/s1. The van der Waals surface area contributed by atoms with Crippen molar-refractivity contribution in [1.82, 2.24) is 14.8 Å². The van der Waals surface area contributed by atoms with Crippen LogP contribution in [0.3, 0.4) is 0 Å². The highest BCUT2D eigenvalue weighted by atomic mass is 35.5. The van der Waals surface area contributed by atoms with Crippen LogP contribution in [-0.4, -0.2) is 20.0 Å². The van der Waals surface area contributed by atoms with Crippen LogP contribution in [-0.2, 0) is 20.1 Å². The Bertz CT molecular complexity index is 932. The maximum Gasteiger partial charge on any atom is 0.192 e. The maximum absolute atomic E-state index is 9.51. The molecule has 0 saturated carbocycles. The summed E-state index contributed by atoms with van der Waals surface area (Å²) in [6, 6.07) is 17.7. The number of halogens is 1. The predicted molar refractivity (Wildman–Crippen MR) is 107 cm³/mol. The van der Waals surface area contributed by atoms with Crippen molar-refractivity contribution in [3.8, 4) is 11.8 Å². The summed E-state index contributed by atoms with van der Waals surface area (Å²) in [5.74, 6) is 1.41. The highest BCUT2D eigenvalue weighted by Gasteiger charge is 2.17. The molecule has 27 heavy (non-hydrogen) atoms. The van der Waals surface area contributed by atoms with Gasteiger partial charge in [-0.2, -0.15) is 5.26 Å². The summed E-state index contributed by atoms with van der Waals surface area (Å²) in [7, 11) is 1.88. The van der Waals surface area contributed by atoms with Gasteiger partial charge in [0.05, 0.1) is 6.07 Å². The zero-order valence-corrected chi connectivity index (χ0v) is 16.7. The summed E-state index contributed by atoms with van der Waals surface area (Å²) < 4.78 is 7.58. The normalized spacial score (nSPS) is 11.8. The van der Waals surface area contributed by atoms with E-state index in [9.17, 15) is 5.26 Å². The number of aromatic nitrogens is 3. The molecule has 0 radical (unpaired) electrons. The minimum Gasteiger partial charge on any atom is -0.486 e. The zero-order chi connectivity index (χ0) is 19.2. The smallest absolute Gasteiger partial charge is 0.192 e. The molecular weight excluding hydrogens is 380 g/mol. The van der Waals surface area contributed by atoms with Crippen molar-refractivity contribution in [3.05, 3.63) is 70.5 Å². The van der Waals surface area contributed by atoms with Crippen LogP contribution in [0.4, 0.5) is 0 Å². The molecule has 0 unspecified atom stereocenters. The molecule has 0 N–H and O–H groups in total. The number of nitriles is 1. The van der Waals surface area contributed by atoms with Crippen molar-refractivity contribution in [3.63, 3.8) is 0 Å². The first-order chi connectivity index (χ1) is 13.0. The largest absolute Gasteiger partial charge is 0.486 e. The lowest BCUT2D eigenvalue weighted by atomic mass is 10.1. The fraction of sp³-hybridized carbons (Fsp3) is 0.250. The number of hydrogen-bond donors (Lipinski definition) is 0. The first-order valence-corrected chi connectivity index (χ1v) is 9.69. The molecule has 0 aliphatic carbocycles. The molecule has 1 heterocycles. The summed E-state index contributed by atoms with van der Waals surface area (Å²) >= 11 is 7.29. The van der Waals surface area contributed by atoms with Crippen LogP contribution in [0.2, 0.25) is 5.02 Å². The van der Waals surface area contributed by atoms with Gasteiger partial charge in [0.15, 0.2) is 11.0 Å². The monoisotopic (exact) mass is 398 g/mol. The average molecular weight is 399 g/mol. The fourth-order valence-corrected chi connectivity index (χ4v) is 3.49. The van der Waals surface area contributed by atoms with Gasteiger partial charge < -0.3 is 9.30 Å². The number of thioether (sulfide) groups is 1. The SMILES string of the molecule is Cc1ccc(C[C@H](C#N)Sc2nnc(COc3ccc(Cl)cc3)n2C)cc1. The van der Waals surface area contributed by atoms with Crippen molar-refractivity contribution in [2.24, 2.45) is 7.05 Å². The Morgan fingerprint density at radius 2 is 1.85 bits per heavy atom. The second-order valence-corrected chi connectivity index (χ2v) is 7.73. The van der Waals surface area contributed by atoms with E-state index in [-0.39, 0.29) is 5.25 Å². The van der Waals surface area contributed by atoms with Crippen LogP contribution in [0.1, 0.15) is 17.0 Å². The quantitative estimate of drug-likeness (QED) is 0.545. The van der Waals surface area contributed by atoms with Crippen molar-refractivity contribution < 1.29 is 4.74 Å². The molecule has 3 rings (SSSR count). The predicted octanol–water partition coefficient (Wildman–Crippen LogP) is 4.58. The van der Waals surface area contributed by atoms with Gasteiger partial charge in [0.1, 0.15) is 17.6 Å². The third-order valence-corrected chi connectivity index (χ3v) is 5.41. The lowest BCUT2D eigenvalue weighted by Gasteiger charge is -2.10. The molecule has 0 aliphatic rings. The molecule has 0 bridgehead atoms. The van der Waals surface area contributed by atoms with Crippen LogP contribution >= 0.6 is 23.4 Å². The van der Waals surface area contributed by atoms with E-state index >= 15 is 0 Å². The van der Waals surface area contributed by atoms with Gasteiger partial charge in [0.2, 0.25) is 0 Å². The second kappa shape index (κ2) is 8.94. The summed E-state index contributed by atoms with van der Waals surface area (Å²) in [4.78, 5) is 0. The van der Waals surface area contributed by atoms with E-state index in [1.54, 1.807) is 12.1 Å². The van der Waals surface area contributed by atoms with Gasteiger partial charge in [-0.3, -0.25) is 0 Å². The molecule has 0 saturated heterocycles. The summed E-state index contributed by atoms with van der Waals surface area (Å²) in [5, 5.41) is 19.0. The van der Waals surface area contributed by atoms with Crippen molar-refractivity contribution in [2.45, 2.75) is 30.4 Å². The Kier molecular flexibility index (Phi) is 6.38. The van der Waals surface area contributed by atoms with Crippen molar-refractivity contribution >= 4 is 23.4 Å². The van der Waals surface area contributed by atoms with E-state index < -0.39 is 0 Å². The van der Waals surface area contributed by atoms with E-state index in [2.05, 4.69) is 40.5 Å². The third-order valence-electron chi connectivity index (χ3n) is 4.04. The number of nitrogens with zero attached hydrogens (tertiary/aromatic N) is 4. The Hall–Kier alpha value is -2.49. The van der Waals surface area contributed by atoms with Crippen molar-refractivity contribution in [2.75, 3.05) is 0 Å². The minimum absolute atomic E-state index is 0.236.